The van der Waals surface area contributed by atoms with Gasteiger partial charge in [0.25, 0.3) is 0 Å². The third-order valence-electron chi connectivity index (χ3n) is 10.0. The predicted octanol–water partition coefficient (Wildman–Crippen LogP) is 6.85. The number of aromatic nitrogens is 6. The Balaban J connectivity index is 1.11. The Labute approximate surface area is 335 Å². The average Bonchev–Trinajstić information content (AvgIpc) is 3.60. The maximum Gasteiger partial charge on any atom is 0.410 e. The van der Waals surface area contributed by atoms with Crippen molar-refractivity contribution in [3.05, 3.63) is 59.7 Å². The van der Waals surface area contributed by atoms with Gasteiger partial charge >= 0.3 is 6.09 Å². The molecular weight excluding hydrogens is 797 g/mol. The summed E-state index contributed by atoms with van der Waals surface area (Å²) in [4.78, 5) is 37.8. The zero-order valence-electron chi connectivity index (χ0n) is 32.9. The van der Waals surface area contributed by atoms with Crippen LogP contribution in [0.5, 0.6) is 5.75 Å². The van der Waals surface area contributed by atoms with E-state index in [1.807, 2.05) is 57.2 Å². The smallest absolute Gasteiger partial charge is 0.410 e. The van der Waals surface area contributed by atoms with Crippen molar-refractivity contribution in [2.75, 3.05) is 75.2 Å². The first-order chi connectivity index (χ1) is 26.7. The molecular formula is C39H49BrN11O4P. The maximum atomic E-state index is 13.5. The molecule has 0 spiro atoms. The van der Waals surface area contributed by atoms with Gasteiger partial charge in [-0.3, -0.25) is 19.5 Å². The quantitative estimate of drug-likeness (QED) is 0.149. The van der Waals surface area contributed by atoms with Crippen molar-refractivity contribution in [3.63, 3.8) is 0 Å². The Morgan fingerprint density at radius 3 is 2.34 bits per heavy atom. The summed E-state index contributed by atoms with van der Waals surface area (Å²) in [6.45, 7) is 14.1. The van der Waals surface area contributed by atoms with Crippen molar-refractivity contribution >= 4 is 74.3 Å². The second kappa shape index (κ2) is 16.0. The van der Waals surface area contributed by atoms with E-state index in [9.17, 15) is 9.36 Å². The van der Waals surface area contributed by atoms with Crippen LogP contribution in [0.2, 0.25) is 0 Å². The number of aryl methyl sites for hydroxylation is 1. The Kier molecular flexibility index (Phi) is 11.3. The largest absolute Gasteiger partial charge is 0.494 e. The summed E-state index contributed by atoms with van der Waals surface area (Å²) >= 11 is 3.60. The van der Waals surface area contributed by atoms with Crippen molar-refractivity contribution in [1.82, 2.24) is 39.5 Å². The second-order valence-corrected chi connectivity index (χ2v) is 19.6. The highest BCUT2D eigenvalue weighted by Gasteiger charge is 2.32. The van der Waals surface area contributed by atoms with Crippen LogP contribution >= 0.6 is 23.1 Å². The van der Waals surface area contributed by atoms with Gasteiger partial charge in [-0.25, -0.2) is 9.78 Å². The highest BCUT2D eigenvalue weighted by Crippen LogP contribution is 2.43. The van der Waals surface area contributed by atoms with Crippen molar-refractivity contribution < 1.29 is 18.8 Å². The highest BCUT2D eigenvalue weighted by atomic mass is 79.9. The number of fused-ring (bicyclic) bond motifs is 1. The summed E-state index contributed by atoms with van der Waals surface area (Å²) in [7, 11) is 0.775. The SMILES string of the molecule is COc1cc(N2CCN(C3CCN(C(=O)OC(C)(C)C)CC3)CC2)c(-c2cnn(C)c2)cc1Nc1ncc(Br)c(Nc2ccc3nccnc3c2P(C)(C)=O)n1. The molecule has 56 heavy (non-hydrogen) atoms. The number of piperazine rings is 1. The number of halogens is 1. The first-order valence-electron chi connectivity index (χ1n) is 18.7. The minimum atomic E-state index is -2.79. The number of methoxy groups -OCH3 is 1. The van der Waals surface area contributed by atoms with Crippen LogP contribution in [-0.2, 0) is 16.3 Å². The van der Waals surface area contributed by atoms with Gasteiger partial charge in [-0.1, -0.05) is 0 Å². The number of nitrogens with one attached hydrogen (secondary N) is 2. The molecule has 0 bridgehead atoms. The topological polar surface area (TPSA) is 156 Å². The minimum absolute atomic E-state index is 0.226. The number of ether oxygens (including phenoxy) is 2. The standard InChI is InChI=1S/C39H49BrN11O4P/c1-39(2,3)55-38(52)51-14-10-26(11-15-51)49-16-18-50(19-17-49)32-21-33(54-5)31(20-27(32)25-22-44-48(4)24-25)46-37-43-23-28(40)36(47-37)45-30-9-8-29-34(42-13-12-41-29)35(30)56(6,7)53/h8-9,12-13,20-24,26H,10-11,14-19H2,1-7H3,(H2,43,45,46,47). The highest BCUT2D eigenvalue weighted by molar-refractivity contribution is 9.10. The number of rotatable bonds is 9. The molecule has 5 aromatic rings. The third-order valence-corrected chi connectivity index (χ3v) is 12.1. The van der Waals surface area contributed by atoms with Crippen LogP contribution in [0.4, 0.5) is 33.6 Å². The molecule has 2 N–H and O–H groups in total. The van der Waals surface area contributed by atoms with Gasteiger partial charge in [-0.15, -0.1) is 0 Å². The van der Waals surface area contributed by atoms with E-state index < -0.39 is 12.7 Å². The van der Waals surface area contributed by atoms with Gasteiger partial charge in [-0.2, -0.15) is 10.1 Å². The number of piperidine rings is 1. The van der Waals surface area contributed by atoms with E-state index in [1.54, 1.807) is 43.7 Å². The number of hydrogen-bond acceptors (Lipinski definition) is 13. The fourth-order valence-electron chi connectivity index (χ4n) is 7.39. The number of likely N-dealkylation sites (tertiary alicyclic amines) is 1. The van der Waals surface area contributed by atoms with Gasteiger partial charge in [0.2, 0.25) is 5.95 Å². The first-order valence-corrected chi connectivity index (χ1v) is 22.1. The Hall–Kier alpha value is -4.79. The Bertz CT molecular complexity index is 2280. The summed E-state index contributed by atoms with van der Waals surface area (Å²) in [6.07, 6.45) is 10.4. The van der Waals surface area contributed by atoms with Crippen LogP contribution in [0.1, 0.15) is 33.6 Å². The zero-order valence-corrected chi connectivity index (χ0v) is 35.4. The van der Waals surface area contributed by atoms with Gasteiger partial charge < -0.3 is 34.5 Å². The monoisotopic (exact) mass is 845 g/mol. The van der Waals surface area contributed by atoms with Gasteiger partial charge in [0.1, 0.15) is 29.8 Å². The molecule has 2 saturated heterocycles. The van der Waals surface area contributed by atoms with E-state index in [0.29, 0.717) is 68.8 Å². The fraction of sp³-hybridized carbons (Fsp3) is 0.436. The number of anilines is 5. The lowest BCUT2D eigenvalue weighted by Gasteiger charge is -2.43. The van der Waals surface area contributed by atoms with Crippen LogP contribution in [0.25, 0.3) is 22.2 Å². The lowest BCUT2D eigenvalue weighted by atomic mass is 10.0. The fourth-order valence-corrected chi connectivity index (χ4v) is 9.07. The third kappa shape index (κ3) is 8.77. The molecule has 17 heteroatoms. The minimum Gasteiger partial charge on any atom is -0.494 e. The second-order valence-electron chi connectivity index (χ2n) is 15.6. The number of nitrogens with zero attached hydrogens (tertiary/aromatic N) is 9. The lowest BCUT2D eigenvalue weighted by Crippen LogP contribution is -2.54. The van der Waals surface area contributed by atoms with Crippen LogP contribution in [0.15, 0.2) is 59.7 Å². The van der Waals surface area contributed by atoms with Crippen LogP contribution < -0.4 is 25.6 Å². The van der Waals surface area contributed by atoms with Gasteiger partial charge in [0, 0.05) is 100 Å². The molecule has 0 unspecified atom stereocenters. The van der Waals surface area contributed by atoms with E-state index in [1.165, 1.54) is 0 Å². The Morgan fingerprint density at radius 1 is 0.946 bits per heavy atom. The number of hydrogen-bond donors (Lipinski definition) is 2. The Morgan fingerprint density at radius 2 is 1.68 bits per heavy atom. The van der Waals surface area contributed by atoms with Crippen molar-refractivity contribution in [1.29, 1.82) is 0 Å². The van der Waals surface area contributed by atoms with E-state index in [0.717, 1.165) is 55.8 Å². The van der Waals surface area contributed by atoms with E-state index >= 15 is 0 Å². The summed E-state index contributed by atoms with van der Waals surface area (Å²) in [6, 6.07) is 8.26. The van der Waals surface area contributed by atoms with Crippen LogP contribution in [0.3, 0.4) is 0 Å². The van der Waals surface area contributed by atoms with Crippen LogP contribution in [-0.4, -0.2) is 117 Å². The molecule has 15 nitrogen and oxygen atoms in total. The molecule has 5 heterocycles. The van der Waals surface area contributed by atoms with Gasteiger partial charge in [0.15, 0.2) is 0 Å². The molecule has 2 aliphatic heterocycles. The summed E-state index contributed by atoms with van der Waals surface area (Å²) in [5.74, 6) is 1.46. The molecule has 0 atom stereocenters. The molecule has 3 aromatic heterocycles. The lowest BCUT2D eigenvalue weighted by molar-refractivity contribution is 0.0140. The molecule has 1 amide bonds. The van der Waals surface area contributed by atoms with E-state index in [-0.39, 0.29) is 6.09 Å². The zero-order chi connectivity index (χ0) is 39.8. The predicted molar refractivity (Wildman–Crippen MR) is 225 cm³/mol. The number of amides is 1. The average molecular weight is 847 g/mol. The summed E-state index contributed by atoms with van der Waals surface area (Å²) < 4.78 is 27.6. The number of benzene rings is 2. The molecule has 296 valence electrons. The summed E-state index contributed by atoms with van der Waals surface area (Å²) in [5, 5.41) is 11.9. The van der Waals surface area contributed by atoms with Gasteiger partial charge in [-0.05, 0) is 81.1 Å². The maximum absolute atomic E-state index is 13.5. The molecule has 0 radical (unpaired) electrons. The van der Waals surface area contributed by atoms with Crippen molar-refractivity contribution in [2.45, 2.75) is 45.3 Å². The molecule has 2 fully saturated rings. The molecule has 0 saturated carbocycles. The van der Waals surface area contributed by atoms with Crippen molar-refractivity contribution in [2.24, 2.45) is 7.05 Å². The first kappa shape index (κ1) is 39.4. The number of carbonyl (C=O) groups is 1. The van der Waals surface area contributed by atoms with Crippen molar-refractivity contribution in [3.8, 4) is 16.9 Å². The molecule has 0 aliphatic carbocycles. The molecule has 2 aromatic carbocycles. The van der Waals surface area contributed by atoms with E-state index in [2.05, 4.69) is 68.5 Å². The molecule has 7 rings (SSSR count). The molecule has 2 aliphatic rings. The summed E-state index contributed by atoms with van der Waals surface area (Å²) in [5.41, 5.74) is 5.09. The van der Waals surface area contributed by atoms with Crippen LogP contribution in [0, 0.1) is 0 Å². The number of carbonyl (C=O) groups excluding carboxylic acids is 1. The van der Waals surface area contributed by atoms with E-state index in [4.69, 9.17) is 14.5 Å². The van der Waals surface area contributed by atoms with Gasteiger partial charge in [0.05, 0.1) is 40.0 Å². The normalized spacial score (nSPS) is 15.9.